The summed E-state index contributed by atoms with van der Waals surface area (Å²) in [6.07, 6.45) is 3.53. The van der Waals surface area contributed by atoms with E-state index in [4.69, 9.17) is 5.73 Å². The molecule has 1 aliphatic carbocycles. The molecular weight excluding hydrogens is 362 g/mol. The first-order valence-electron chi connectivity index (χ1n) is 9.03. The lowest BCUT2D eigenvalue weighted by Gasteiger charge is -2.18. The molecule has 144 valence electrons. The zero-order valence-corrected chi connectivity index (χ0v) is 16.2. The molecule has 1 aliphatic rings. The number of amides is 2. The second-order valence-corrected chi connectivity index (χ2v) is 6.89. The highest BCUT2D eigenvalue weighted by Crippen LogP contribution is 2.27. The zero-order chi connectivity index (χ0) is 18.5. The fraction of sp³-hybridized carbons (Fsp3) is 0.333. The average molecular weight is 388 g/mol. The molecule has 1 saturated carbocycles. The number of halogens is 1. The Morgan fingerprint density at radius 3 is 2.52 bits per heavy atom. The maximum atomic E-state index is 12.7. The molecule has 2 amide bonds. The summed E-state index contributed by atoms with van der Waals surface area (Å²) < 4.78 is 0. The highest BCUT2D eigenvalue weighted by Gasteiger charge is 2.26. The van der Waals surface area contributed by atoms with Crippen molar-refractivity contribution in [2.24, 2.45) is 11.7 Å². The van der Waals surface area contributed by atoms with Crippen LogP contribution in [0, 0.1) is 5.92 Å². The van der Waals surface area contributed by atoms with Crippen LogP contribution in [0.5, 0.6) is 0 Å². The molecule has 0 unspecified atom stereocenters. The van der Waals surface area contributed by atoms with Crippen molar-refractivity contribution in [2.45, 2.75) is 31.7 Å². The van der Waals surface area contributed by atoms with Gasteiger partial charge in [-0.2, -0.15) is 0 Å². The van der Waals surface area contributed by atoms with Gasteiger partial charge in [0.1, 0.15) is 0 Å². The Bertz CT molecular complexity index is 782. The van der Waals surface area contributed by atoms with Gasteiger partial charge in [-0.05, 0) is 49.1 Å². The van der Waals surface area contributed by atoms with Gasteiger partial charge in [-0.25, -0.2) is 0 Å². The number of nitrogens with zero attached hydrogens (tertiary/aromatic N) is 1. The summed E-state index contributed by atoms with van der Waals surface area (Å²) in [7, 11) is 1.74. The Morgan fingerprint density at radius 1 is 1.11 bits per heavy atom. The van der Waals surface area contributed by atoms with Crippen LogP contribution in [0.2, 0.25) is 0 Å². The number of benzene rings is 2. The van der Waals surface area contributed by atoms with E-state index in [0.29, 0.717) is 17.7 Å². The van der Waals surface area contributed by atoms with E-state index in [0.717, 1.165) is 24.9 Å². The lowest BCUT2D eigenvalue weighted by Crippen LogP contribution is -2.28. The normalized spacial score (nSPS) is 18.4. The Balaban J connectivity index is 0.00000261. The van der Waals surface area contributed by atoms with Gasteiger partial charge < -0.3 is 16.0 Å². The number of nitrogens with two attached hydrogens (primary N) is 1. The Kier molecular flexibility index (Phi) is 7.39. The maximum absolute atomic E-state index is 12.7. The Labute approximate surface area is 166 Å². The lowest BCUT2D eigenvalue weighted by atomic mass is 10.00. The van der Waals surface area contributed by atoms with Crippen LogP contribution in [0.25, 0.3) is 0 Å². The van der Waals surface area contributed by atoms with E-state index >= 15 is 0 Å². The van der Waals surface area contributed by atoms with Gasteiger partial charge >= 0.3 is 0 Å². The van der Waals surface area contributed by atoms with Gasteiger partial charge in [0.15, 0.2) is 0 Å². The first-order chi connectivity index (χ1) is 12.5. The quantitative estimate of drug-likeness (QED) is 0.818. The SMILES string of the molecule is CN(C(=O)c1cccc(NC(=O)C[C@@H]2CCC[C@H]2N)c1)c1ccccc1.Cl. The van der Waals surface area contributed by atoms with E-state index in [1.807, 2.05) is 30.3 Å². The number of anilines is 2. The third kappa shape index (κ3) is 5.31. The molecule has 0 aliphatic heterocycles. The number of hydrogen-bond acceptors (Lipinski definition) is 3. The van der Waals surface area contributed by atoms with Gasteiger partial charge in [-0.3, -0.25) is 9.59 Å². The zero-order valence-electron chi connectivity index (χ0n) is 15.4. The molecule has 0 heterocycles. The number of carbonyl (C=O) groups is 2. The molecular formula is C21H26ClN3O2. The van der Waals surface area contributed by atoms with Crippen molar-refractivity contribution >= 4 is 35.6 Å². The van der Waals surface area contributed by atoms with Crippen molar-refractivity contribution < 1.29 is 9.59 Å². The summed E-state index contributed by atoms with van der Waals surface area (Å²) in [5.41, 5.74) is 8.03. The fourth-order valence-electron chi connectivity index (χ4n) is 3.46. The molecule has 0 bridgehead atoms. The minimum Gasteiger partial charge on any atom is -0.327 e. The van der Waals surface area contributed by atoms with Crippen LogP contribution in [0.1, 0.15) is 36.0 Å². The van der Waals surface area contributed by atoms with Gasteiger partial charge in [0.2, 0.25) is 5.91 Å². The molecule has 2 atom stereocenters. The summed E-state index contributed by atoms with van der Waals surface area (Å²) in [6.45, 7) is 0. The molecule has 5 nitrogen and oxygen atoms in total. The molecule has 3 rings (SSSR count). The van der Waals surface area contributed by atoms with Crippen LogP contribution in [-0.2, 0) is 4.79 Å². The van der Waals surface area contributed by atoms with Crippen LogP contribution in [0.4, 0.5) is 11.4 Å². The lowest BCUT2D eigenvalue weighted by molar-refractivity contribution is -0.117. The van der Waals surface area contributed by atoms with Gasteiger partial charge in [-0.1, -0.05) is 30.7 Å². The molecule has 2 aromatic rings. The van der Waals surface area contributed by atoms with Gasteiger partial charge in [0, 0.05) is 36.4 Å². The van der Waals surface area contributed by atoms with Crippen molar-refractivity contribution in [3.05, 3.63) is 60.2 Å². The number of rotatable bonds is 5. The van der Waals surface area contributed by atoms with Crippen LogP contribution in [0.3, 0.4) is 0 Å². The van der Waals surface area contributed by atoms with Crippen molar-refractivity contribution in [2.75, 3.05) is 17.3 Å². The predicted octanol–water partition coefficient (Wildman–Crippen LogP) is 3.84. The third-order valence-electron chi connectivity index (χ3n) is 5.01. The topological polar surface area (TPSA) is 75.4 Å². The number of hydrogen-bond donors (Lipinski definition) is 2. The van der Waals surface area contributed by atoms with E-state index in [1.165, 1.54) is 0 Å². The first-order valence-corrected chi connectivity index (χ1v) is 9.03. The molecule has 2 aromatic carbocycles. The van der Waals surface area contributed by atoms with Gasteiger partial charge in [0.25, 0.3) is 5.91 Å². The van der Waals surface area contributed by atoms with E-state index in [-0.39, 0.29) is 36.2 Å². The summed E-state index contributed by atoms with van der Waals surface area (Å²) in [5, 5.41) is 2.90. The summed E-state index contributed by atoms with van der Waals surface area (Å²) >= 11 is 0. The van der Waals surface area contributed by atoms with Gasteiger partial charge in [0.05, 0.1) is 0 Å². The van der Waals surface area contributed by atoms with Crippen LogP contribution in [0.15, 0.2) is 54.6 Å². The standard InChI is InChI=1S/C21H25N3O2.ClH/c1-24(18-10-3-2-4-11-18)21(26)16-8-5-9-17(13-16)23-20(25)14-15-7-6-12-19(15)22;/h2-5,8-11,13,15,19H,6-7,12,14,22H2,1H3,(H,23,25);1H/t15-,19+;/m0./s1. The van der Waals surface area contributed by atoms with Crippen LogP contribution >= 0.6 is 12.4 Å². The van der Waals surface area contributed by atoms with E-state index in [2.05, 4.69) is 5.32 Å². The molecule has 6 heteroatoms. The number of nitrogens with one attached hydrogen (secondary N) is 1. The van der Waals surface area contributed by atoms with Crippen molar-refractivity contribution in [3.8, 4) is 0 Å². The van der Waals surface area contributed by atoms with Crippen molar-refractivity contribution in [3.63, 3.8) is 0 Å². The maximum Gasteiger partial charge on any atom is 0.258 e. The second kappa shape index (κ2) is 9.53. The van der Waals surface area contributed by atoms with E-state index in [1.54, 1.807) is 36.2 Å². The highest BCUT2D eigenvalue weighted by atomic mass is 35.5. The van der Waals surface area contributed by atoms with Crippen molar-refractivity contribution in [1.29, 1.82) is 0 Å². The second-order valence-electron chi connectivity index (χ2n) is 6.89. The molecule has 0 radical (unpaired) electrons. The molecule has 0 spiro atoms. The molecule has 0 saturated heterocycles. The molecule has 3 N–H and O–H groups in total. The van der Waals surface area contributed by atoms with Gasteiger partial charge in [-0.15, -0.1) is 12.4 Å². The molecule has 1 fully saturated rings. The largest absolute Gasteiger partial charge is 0.327 e. The Morgan fingerprint density at radius 2 is 1.85 bits per heavy atom. The van der Waals surface area contributed by atoms with Crippen molar-refractivity contribution in [1.82, 2.24) is 0 Å². The summed E-state index contributed by atoms with van der Waals surface area (Å²) in [4.78, 5) is 26.6. The smallest absolute Gasteiger partial charge is 0.258 e. The minimum absolute atomic E-state index is 0. The Hall–Kier alpha value is -2.37. The molecule has 27 heavy (non-hydrogen) atoms. The monoisotopic (exact) mass is 387 g/mol. The van der Waals surface area contributed by atoms with Crippen LogP contribution in [-0.4, -0.2) is 24.9 Å². The average Bonchev–Trinajstić information content (AvgIpc) is 3.06. The fourth-order valence-corrected chi connectivity index (χ4v) is 3.46. The molecule has 0 aromatic heterocycles. The highest BCUT2D eigenvalue weighted by molar-refractivity contribution is 6.06. The van der Waals surface area contributed by atoms with E-state index in [9.17, 15) is 9.59 Å². The minimum atomic E-state index is -0.120. The van der Waals surface area contributed by atoms with E-state index < -0.39 is 0 Å². The number of carbonyl (C=O) groups excluding carboxylic acids is 2. The van der Waals surface area contributed by atoms with Crippen LogP contribution < -0.4 is 16.0 Å². The number of para-hydroxylation sites is 1. The summed E-state index contributed by atoms with van der Waals surface area (Å²) in [5.74, 6) is 0.0857. The third-order valence-corrected chi connectivity index (χ3v) is 5.01. The first kappa shape index (κ1) is 20.9. The summed E-state index contributed by atoms with van der Waals surface area (Å²) in [6, 6.07) is 16.6. The predicted molar refractivity (Wildman–Crippen MR) is 111 cm³/mol.